The number of aryl methyl sites for hydroxylation is 1. The molecule has 0 fully saturated rings. The Morgan fingerprint density at radius 2 is 0.763 bits per heavy atom. The third-order valence-electron chi connectivity index (χ3n) is 12.3. The Morgan fingerprint density at radius 3 is 1.22 bits per heavy atom. The van der Waals surface area contributed by atoms with Crippen LogP contribution >= 0.6 is 0 Å². The molecule has 0 radical (unpaired) electrons. The Kier molecular flexibility index (Phi) is 7.39. The maximum Gasteiger partial charge on any atom is 0.104 e. The van der Waals surface area contributed by atoms with Gasteiger partial charge >= 0.3 is 0 Å². The topological polar surface area (TPSA) is 38.6 Å². The fourth-order valence-corrected chi connectivity index (χ4v) is 10.00. The lowest BCUT2D eigenvalue weighted by atomic mass is 9.88. The van der Waals surface area contributed by atoms with Crippen molar-refractivity contribution in [2.75, 3.05) is 0 Å². The number of benzene rings is 8. The molecule has 11 aromatic rings. The highest BCUT2D eigenvalue weighted by Crippen LogP contribution is 2.51. The van der Waals surface area contributed by atoms with Crippen molar-refractivity contribution in [2.45, 2.75) is 12.8 Å². The van der Waals surface area contributed by atoms with Gasteiger partial charge in [0.05, 0.1) is 44.6 Å². The van der Waals surface area contributed by atoms with Crippen LogP contribution in [-0.2, 0) is 6.42 Å². The van der Waals surface area contributed by atoms with E-state index >= 15 is 0 Å². The molecule has 4 nitrogen and oxygen atoms in total. The van der Waals surface area contributed by atoms with Crippen LogP contribution in [0.15, 0.2) is 188 Å². The van der Waals surface area contributed by atoms with Crippen molar-refractivity contribution in [1.29, 1.82) is 5.26 Å². The van der Waals surface area contributed by atoms with Crippen LogP contribution in [0.4, 0.5) is 0 Å². The van der Waals surface area contributed by atoms with Crippen molar-refractivity contribution in [3.8, 4) is 45.4 Å². The number of fused-ring (bicyclic) bond motifs is 9. The molecule has 0 aliphatic heterocycles. The maximum atomic E-state index is 12.1. The highest BCUT2D eigenvalue weighted by Gasteiger charge is 2.34. The van der Waals surface area contributed by atoms with E-state index in [2.05, 4.69) is 214 Å². The van der Waals surface area contributed by atoms with Crippen molar-refractivity contribution in [2.24, 2.45) is 0 Å². The van der Waals surface area contributed by atoms with Gasteiger partial charge in [-0.15, -0.1) is 0 Å². The number of hydrogen-bond donors (Lipinski definition) is 0. The van der Waals surface area contributed by atoms with Crippen LogP contribution in [0.25, 0.3) is 99.9 Å². The Bertz CT molecular complexity index is 3450. The summed E-state index contributed by atoms with van der Waals surface area (Å²) in [4.78, 5) is 0. The molecule has 0 atom stereocenters. The molecule has 3 aromatic heterocycles. The molecular weight excluding hydrogens is 717 g/mol. The molecule has 1 aliphatic rings. The minimum Gasteiger partial charge on any atom is -0.308 e. The summed E-state index contributed by atoms with van der Waals surface area (Å²) in [5, 5.41) is 18.0. The molecule has 12 rings (SSSR count). The van der Waals surface area contributed by atoms with E-state index in [9.17, 15) is 5.26 Å². The van der Waals surface area contributed by atoms with Crippen molar-refractivity contribution in [3.05, 3.63) is 205 Å². The summed E-state index contributed by atoms with van der Waals surface area (Å²) < 4.78 is 7.26. The molecule has 4 heteroatoms. The fourth-order valence-electron chi connectivity index (χ4n) is 10.00. The lowest BCUT2D eigenvalue weighted by molar-refractivity contribution is 0.964. The Labute approximate surface area is 341 Å². The Hall–Kier alpha value is -7.87. The van der Waals surface area contributed by atoms with Crippen LogP contribution in [0.5, 0.6) is 0 Å². The second-order valence-corrected chi connectivity index (χ2v) is 15.4. The van der Waals surface area contributed by atoms with Crippen LogP contribution in [0.3, 0.4) is 0 Å². The molecule has 0 amide bonds. The maximum absolute atomic E-state index is 12.1. The first-order valence-electron chi connectivity index (χ1n) is 20.3. The molecule has 0 spiro atoms. The molecule has 59 heavy (non-hydrogen) atoms. The number of para-hydroxylation sites is 5. The normalized spacial score (nSPS) is 12.5. The van der Waals surface area contributed by atoms with Gasteiger partial charge in [0, 0.05) is 43.8 Å². The monoisotopic (exact) mass is 752 g/mol. The first kappa shape index (κ1) is 33.3. The molecule has 0 N–H and O–H groups in total. The summed E-state index contributed by atoms with van der Waals surface area (Å²) in [6.45, 7) is 0. The molecule has 0 saturated carbocycles. The molecule has 0 unspecified atom stereocenters. The smallest absolute Gasteiger partial charge is 0.104 e. The van der Waals surface area contributed by atoms with Gasteiger partial charge in [-0.25, -0.2) is 0 Å². The highest BCUT2D eigenvalue weighted by atomic mass is 15.1. The minimum atomic E-state index is 0.612. The number of nitrogens with zero attached hydrogens (tertiary/aromatic N) is 4. The van der Waals surface area contributed by atoms with Gasteiger partial charge in [-0.3, -0.25) is 0 Å². The van der Waals surface area contributed by atoms with Crippen molar-refractivity contribution in [3.63, 3.8) is 0 Å². The molecule has 8 aromatic carbocycles. The van der Waals surface area contributed by atoms with E-state index in [1.54, 1.807) is 0 Å². The first-order valence-corrected chi connectivity index (χ1v) is 20.3. The third-order valence-corrected chi connectivity index (χ3v) is 12.3. The fraction of sp³-hybridized carbons (Fsp3) is 0.0364. The van der Waals surface area contributed by atoms with Crippen LogP contribution in [0.1, 0.15) is 23.2 Å². The molecule has 276 valence electrons. The van der Waals surface area contributed by atoms with E-state index in [0.717, 1.165) is 96.2 Å². The van der Waals surface area contributed by atoms with E-state index in [-0.39, 0.29) is 0 Å². The highest BCUT2D eigenvalue weighted by molar-refractivity contribution is 6.14. The second-order valence-electron chi connectivity index (χ2n) is 15.4. The Morgan fingerprint density at radius 1 is 0.390 bits per heavy atom. The number of aromatic nitrogens is 3. The quantitative estimate of drug-likeness (QED) is 0.173. The van der Waals surface area contributed by atoms with Crippen molar-refractivity contribution < 1.29 is 0 Å². The third kappa shape index (κ3) is 4.76. The van der Waals surface area contributed by atoms with Gasteiger partial charge in [-0.2, -0.15) is 5.26 Å². The van der Waals surface area contributed by atoms with E-state index < -0.39 is 0 Å². The average molecular weight is 753 g/mol. The summed E-state index contributed by atoms with van der Waals surface area (Å²) in [7, 11) is 0. The lowest BCUT2D eigenvalue weighted by Crippen LogP contribution is -2.14. The predicted molar refractivity (Wildman–Crippen MR) is 245 cm³/mol. The molecule has 0 saturated heterocycles. The van der Waals surface area contributed by atoms with Gasteiger partial charge in [-0.05, 0) is 65.9 Å². The zero-order valence-corrected chi connectivity index (χ0v) is 32.2. The molecular formula is C55H36N4. The van der Waals surface area contributed by atoms with Crippen molar-refractivity contribution >= 4 is 60.6 Å². The molecule has 1 aliphatic carbocycles. The van der Waals surface area contributed by atoms with Gasteiger partial charge in [-0.1, -0.05) is 158 Å². The summed E-state index contributed by atoms with van der Waals surface area (Å²) in [6.07, 6.45) is 6.47. The van der Waals surface area contributed by atoms with Gasteiger partial charge < -0.3 is 13.7 Å². The van der Waals surface area contributed by atoms with Gasteiger partial charge in [0.25, 0.3) is 0 Å². The van der Waals surface area contributed by atoms with Gasteiger partial charge in [0.2, 0.25) is 0 Å². The molecule has 0 bridgehead atoms. The average Bonchev–Trinajstić information content (AvgIpc) is 3.94. The van der Waals surface area contributed by atoms with Crippen LogP contribution in [0.2, 0.25) is 0 Å². The van der Waals surface area contributed by atoms with Crippen molar-refractivity contribution in [1.82, 2.24) is 13.7 Å². The zero-order valence-electron chi connectivity index (χ0n) is 32.2. The van der Waals surface area contributed by atoms with Crippen LogP contribution < -0.4 is 0 Å². The first-order chi connectivity index (χ1) is 29.3. The van der Waals surface area contributed by atoms with Crippen LogP contribution in [-0.4, -0.2) is 13.7 Å². The zero-order chi connectivity index (χ0) is 39.0. The van der Waals surface area contributed by atoms with E-state index in [1.165, 1.54) is 21.7 Å². The van der Waals surface area contributed by atoms with E-state index in [1.807, 2.05) is 0 Å². The second kappa shape index (κ2) is 13.1. The SMILES string of the molecule is N#Cc1c(-n2c3c(c4ccccc42)CCC=C3)c(-c2ccccc2)c(-n2c3ccccc3c3ccccc32)c(-c2ccccc2)c1-n1c2ccccc2c2ccccc21. The largest absolute Gasteiger partial charge is 0.308 e. The molecule has 3 heterocycles. The van der Waals surface area contributed by atoms with Gasteiger partial charge in [0.15, 0.2) is 0 Å². The van der Waals surface area contributed by atoms with E-state index in [0.29, 0.717) is 5.56 Å². The number of rotatable bonds is 5. The summed E-state index contributed by atoms with van der Waals surface area (Å²) in [5.74, 6) is 0. The van der Waals surface area contributed by atoms with Gasteiger partial charge in [0.1, 0.15) is 11.6 Å². The number of nitriles is 1. The number of allylic oxidation sites excluding steroid dienone is 1. The predicted octanol–water partition coefficient (Wildman–Crippen LogP) is 14.0. The van der Waals surface area contributed by atoms with E-state index in [4.69, 9.17) is 0 Å². The summed E-state index contributed by atoms with van der Waals surface area (Å²) in [5.41, 5.74) is 15.3. The van der Waals surface area contributed by atoms with Crippen LogP contribution in [0, 0.1) is 11.3 Å². The lowest BCUT2D eigenvalue weighted by Gasteiger charge is -2.29. The standard InChI is InChI=1S/C55H36N4/c56-35-44-53(57-45-29-13-7-23-38(45)39-24-8-14-30-46(39)57)51(36-19-3-1-4-20-36)55(59-49-33-17-11-27-42(49)43-28-12-18-34-50(43)59)52(37-21-5-2-6-22-37)54(44)58-47-31-15-9-25-40(47)41-26-10-16-32-48(41)58/h1-9,11-25,27-34H,10,26H2. The number of hydrogen-bond acceptors (Lipinski definition) is 1. The summed E-state index contributed by atoms with van der Waals surface area (Å²) in [6, 6.07) is 67.9. The minimum absolute atomic E-state index is 0.612. The Balaban J connectivity index is 1.44. The summed E-state index contributed by atoms with van der Waals surface area (Å²) >= 11 is 0.